The average molecular weight is 322 g/mol. The van der Waals surface area contributed by atoms with Crippen molar-refractivity contribution in [1.29, 1.82) is 0 Å². The first-order chi connectivity index (χ1) is 11.6. The zero-order chi connectivity index (χ0) is 16.9. The molecule has 0 aliphatic carbocycles. The molecule has 0 fully saturated rings. The Morgan fingerprint density at radius 2 is 1.71 bits per heavy atom. The highest BCUT2D eigenvalue weighted by Gasteiger charge is 2.08. The maximum atomic E-state index is 12.0. The van der Waals surface area contributed by atoms with Gasteiger partial charge < -0.3 is 4.74 Å². The van der Waals surface area contributed by atoms with Gasteiger partial charge in [-0.1, -0.05) is 36.4 Å². The Morgan fingerprint density at radius 1 is 1.00 bits per heavy atom. The van der Waals surface area contributed by atoms with Crippen LogP contribution in [0.2, 0.25) is 0 Å². The monoisotopic (exact) mass is 322 g/mol. The lowest BCUT2D eigenvalue weighted by Gasteiger charge is -2.09. The number of carbonyl (C=O) groups excluding carboxylic acids is 1. The summed E-state index contributed by atoms with van der Waals surface area (Å²) in [6.07, 6.45) is -0.579. The predicted octanol–water partition coefficient (Wildman–Crippen LogP) is 4.50. The van der Waals surface area contributed by atoms with Crippen LogP contribution in [-0.4, -0.2) is 11.0 Å². The van der Waals surface area contributed by atoms with Crippen LogP contribution < -0.4 is 5.32 Å². The smallest absolute Gasteiger partial charge is 0.411 e. The van der Waals surface area contributed by atoms with Crippen molar-refractivity contribution < 1.29 is 14.5 Å². The molecule has 0 spiro atoms. The van der Waals surface area contributed by atoms with E-state index in [4.69, 9.17) is 4.74 Å². The number of nitro groups is 1. The Hall–Kier alpha value is -3.41. The molecule has 3 aromatic carbocycles. The van der Waals surface area contributed by atoms with Crippen molar-refractivity contribution in [3.63, 3.8) is 0 Å². The number of carbonyl (C=O) groups is 1. The molecular weight excluding hydrogens is 308 g/mol. The van der Waals surface area contributed by atoms with Gasteiger partial charge in [-0.2, -0.15) is 0 Å². The van der Waals surface area contributed by atoms with E-state index < -0.39 is 11.0 Å². The third kappa shape index (κ3) is 3.49. The lowest BCUT2D eigenvalue weighted by atomic mass is 10.1. The number of non-ortho nitro benzene ring substituents is 1. The van der Waals surface area contributed by atoms with Crippen LogP contribution in [0.4, 0.5) is 16.2 Å². The second-order valence-corrected chi connectivity index (χ2v) is 5.15. The third-order valence-corrected chi connectivity index (χ3v) is 3.54. The van der Waals surface area contributed by atoms with Gasteiger partial charge in [0.2, 0.25) is 0 Å². The molecule has 0 radical (unpaired) electrons. The van der Waals surface area contributed by atoms with E-state index >= 15 is 0 Å². The van der Waals surface area contributed by atoms with Crippen LogP contribution >= 0.6 is 0 Å². The average Bonchev–Trinajstić information content (AvgIpc) is 2.61. The molecule has 3 aromatic rings. The molecule has 0 aliphatic heterocycles. The molecule has 0 heterocycles. The molecule has 120 valence electrons. The van der Waals surface area contributed by atoms with Gasteiger partial charge in [-0.25, -0.2) is 4.79 Å². The fourth-order valence-electron chi connectivity index (χ4n) is 2.34. The number of fused-ring (bicyclic) bond motifs is 1. The van der Waals surface area contributed by atoms with Crippen molar-refractivity contribution in [3.05, 3.63) is 82.4 Å². The van der Waals surface area contributed by atoms with Gasteiger partial charge in [0.15, 0.2) is 0 Å². The summed E-state index contributed by atoms with van der Waals surface area (Å²) >= 11 is 0. The van der Waals surface area contributed by atoms with Gasteiger partial charge in [-0.3, -0.25) is 15.4 Å². The number of nitrogens with one attached hydrogen (secondary N) is 1. The molecule has 0 bridgehead atoms. The van der Waals surface area contributed by atoms with Crippen molar-refractivity contribution in [2.75, 3.05) is 5.32 Å². The molecule has 6 nitrogen and oxygen atoms in total. The van der Waals surface area contributed by atoms with Gasteiger partial charge in [0.05, 0.1) is 10.6 Å². The summed E-state index contributed by atoms with van der Waals surface area (Å²) in [7, 11) is 0. The molecule has 1 amide bonds. The van der Waals surface area contributed by atoms with Gasteiger partial charge >= 0.3 is 6.09 Å². The Kier molecular flexibility index (Phi) is 4.38. The van der Waals surface area contributed by atoms with E-state index in [1.807, 2.05) is 36.4 Å². The highest BCUT2D eigenvalue weighted by atomic mass is 16.6. The minimum Gasteiger partial charge on any atom is -0.444 e. The van der Waals surface area contributed by atoms with Crippen molar-refractivity contribution in [2.24, 2.45) is 0 Å². The zero-order valence-corrected chi connectivity index (χ0v) is 12.6. The zero-order valence-electron chi connectivity index (χ0n) is 12.6. The summed E-state index contributed by atoms with van der Waals surface area (Å²) in [5.41, 5.74) is 1.34. The molecule has 6 heteroatoms. The molecule has 0 saturated carbocycles. The maximum Gasteiger partial charge on any atom is 0.411 e. The van der Waals surface area contributed by atoms with Gasteiger partial charge in [0.1, 0.15) is 6.61 Å². The Morgan fingerprint density at radius 3 is 2.46 bits per heavy atom. The van der Waals surface area contributed by atoms with Crippen molar-refractivity contribution >= 4 is 28.2 Å². The first-order valence-electron chi connectivity index (χ1n) is 7.28. The van der Waals surface area contributed by atoms with Crippen LogP contribution in [0.25, 0.3) is 10.8 Å². The van der Waals surface area contributed by atoms with Gasteiger partial charge in [0.25, 0.3) is 5.69 Å². The lowest BCUT2D eigenvalue weighted by molar-refractivity contribution is -0.384. The van der Waals surface area contributed by atoms with E-state index in [-0.39, 0.29) is 12.3 Å². The number of hydrogen-bond donors (Lipinski definition) is 1. The molecule has 0 unspecified atom stereocenters. The second kappa shape index (κ2) is 6.78. The number of anilines is 1. The summed E-state index contributed by atoms with van der Waals surface area (Å²) in [5.74, 6) is 0. The molecule has 24 heavy (non-hydrogen) atoms. The number of rotatable bonds is 4. The first kappa shape index (κ1) is 15.5. The first-order valence-corrected chi connectivity index (χ1v) is 7.28. The largest absolute Gasteiger partial charge is 0.444 e. The van der Waals surface area contributed by atoms with Crippen LogP contribution in [0.1, 0.15) is 5.56 Å². The summed E-state index contributed by atoms with van der Waals surface area (Å²) in [4.78, 5) is 22.1. The van der Waals surface area contributed by atoms with Crippen LogP contribution in [-0.2, 0) is 11.3 Å². The molecule has 0 saturated heterocycles. The van der Waals surface area contributed by atoms with E-state index in [2.05, 4.69) is 5.32 Å². The van der Waals surface area contributed by atoms with Gasteiger partial charge in [-0.15, -0.1) is 0 Å². The summed E-state index contributed by atoms with van der Waals surface area (Å²) < 4.78 is 5.16. The summed E-state index contributed by atoms with van der Waals surface area (Å²) in [6.45, 7) is 0.0363. The van der Waals surface area contributed by atoms with E-state index in [9.17, 15) is 14.9 Å². The van der Waals surface area contributed by atoms with E-state index in [0.29, 0.717) is 11.3 Å². The number of ether oxygens (including phenoxy) is 1. The highest BCUT2D eigenvalue weighted by Crippen LogP contribution is 2.23. The maximum absolute atomic E-state index is 12.0. The minimum absolute atomic E-state index is 0.000966. The predicted molar refractivity (Wildman–Crippen MR) is 90.9 cm³/mol. The quantitative estimate of drug-likeness (QED) is 0.566. The fourth-order valence-corrected chi connectivity index (χ4v) is 2.34. The Bertz CT molecular complexity index is 886. The van der Waals surface area contributed by atoms with Crippen LogP contribution in [0.5, 0.6) is 0 Å². The van der Waals surface area contributed by atoms with Crippen LogP contribution in [0.15, 0.2) is 66.7 Å². The molecule has 0 aliphatic rings. The normalized spacial score (nSPS) is 10.3. The third-order valence-electron chi connectivity index (χ3n) is 3.54. The Balaban J connectivity index is 1.64. The molecule has 3 rings (SSSR count). The topological polar surface area (TPSA) is 81.5 Å². The van der Waals surface area contributed by atoms with Crippen LogP contribution in [0.3, 0.4) is 0 Å². The van der Waals surface area contributed by atoms with Crippen LogP contribution in [0, 0.1) is 10.1 Å². The van der Waals surface area contributed by atoms with Gasteiger partial charge in [0, 0.05) is 17.5 Å². The van der Waals surface area contributed by atoms with E-state index in [1.165, 1.54) is 12.1 Å². The van der Waals surface area contributed by atoms with E-state index in [0.717, 1.165) is 10.8 Å². The number of nitrogens with zero attached hydrogens (tertiary/aromatic N) is 1. The molecule has 1 N–H and O–H groups in total. The SMILES string of the molecule is O=C(Nc1cccc2ccccc12)OCc1ccc([N+](=O)[O-])cc1. The molecular formula is C18H14N2O4. The standard InChI is InChI=1S/C18H14N2O4/c21-18(24-12-13-8-10-15(11-9-13)20(22)23)19-17-7-3-5-14-4-1-2-6-16(14)17/h1-11H,12H2,(H,19,21). The lowest BCUT2D eigenvalue weighted by Crippen LogP contribution is -2.13. The van der Waals surface area contributed by atoms with Crippen molar-refractivity contribution in [2.45, 2.75) is 6.61 Å². The molecule has 0 atom stereocenters. The second-order valence-electron chi connectivity index (χ2n) is 5.15. The number of amides is 1. The summed E-state index contributed by atoms with van der Waals surface area (Å²) in [5, 5.41) is 15.3. The fraction of sp³-hybridized carbons (Fsp3) is 0.0556. The number of nitro benzene ring substituents is 1. The minimum atomic E-state index is -0.579. The number of benzene rings is 3. The Labute approximate surface area is 137 Å². The number of hydrogen-bond acceptors (Lipinski definition) is 4. The highest BCUT2D eigenvalue weighted by molar-refractivity contribution is 6.00. The van der Waals surface area contributed by atoms with Crippen molar-refractivity contribution in [3.8, 4) is 0 Å². The molecule has 0 aromatic heterocycles. The van der Waals surface area contributed by atoms with E-state index in [1.54, 1.807) is 18.2 Å². The van der Waals surface area contributed by atoms with Crippen molar-refractivity contribution in [1.82, 2.24) is 0 Å². The van der Waals surface area contributed by atoms with Gasteiger partial charge in [-0.05, 0) is 29.1 Å². The summed E-state index contributed by atoms with van der Waals surface area (Å²) in [6, 6.07) is 19.2.